The largest absolute Gasteiger partial charge is 0.590 e. The molecule has 1 fully saturated rings. The van der Waals surface area contributed by atoms with Gasteiger partial charge in [-0.25, -0.2) is 9.36 Å². The van der Waals surface area contributed by atoms with Crippen molar-refractivity contribution in [2.75, 3.05) is 25.9 Å². The number of hydrogen-bond donors (Lipinski definition) is 1. The smallest absolute Gasteiger partial charge is 0.392 e. The van der Waals surface area contributed by atoms with Gasteiger partial charge < -0.3 is 10.1 Å². The maximum atomic E-state index is 12.6. The summed E-state index contributed by atoms with van der Waals surface area (Å²) in [6.07, 6.45) is 3.42. The normalized spacial score (nSPS) is 20.0. The topological polar surface area (TPSA) is 108 Å². The number of esters is 2. The molecule has 1 N–H and O–H groups in total. The van der Waals surface area contributed by atoms with Crippen molar-refractivity contribution >= 4 is 26.7 Å². The first-order valence-corrected chi connectivity index (χ1v) is 11.2. The third-order valence-electron chi connectivity index (χ3n) is 3.10. The number of carbonyl (C=O) groups is 2. The molecule has 0 saturated carbocycles. The molecule has 8 nitrogen and oxygen atoms in total. The number of carbonyl (C=O) groups excluding carboxylic acids is 2. The Morgan fingerprint density at radius 3 is 2.58 bits per heavy atom. The molecule has 1 aliphatic heterocycles. The van der Waals surface area contributed by atoms with Crippen LogP contribution < -0.4 is 5.32 Å². The molecular weight excluding hydrogens is 356 g/mol. The Labute approximate surface area is 141 Å². The summed E-state index contributed by atoms with van der Waals surface area (Å²) < 4.78 is 39.3. The van der Waals surface area contributed by atoms with Crippen LogP contribution in [-0.2, 0) is 32.5 Å². The average molecular weight is 378 g/mol. The lowest BCUT2D eigenvalue weighted by Gasteiger charge is -2.09. The van der Waals surface area contributed by atoms with Gasteiger partial charge in [0, 0.05) is 0 Å². The van der Waals surface area contributed by atoms with Gasteiger partial charge in [-0.1, -0.05) is 12.2 Å². The van der Waals surface area contributed by atoms with E-state index in [1.165, 1.54) is 12.2 Å². The van der Waals surface area contributed by atoms with Crippen molar-refractivity contribution in [3.05, 3.63) is 25.3 Å². The second-order valence-corrected chi connectivity index (χ2v) is 10.5. The number of rotatable bonds is 11. The molecule has 1 saturated heterocycles. The van der Waals surface area contributed by atoms with Crippen LogP contribution in [0.3, 0.4) is 0 Å². The third-order valence-corrected chi connectivity index (χ3v) is 8.10. The summed E-state index contributed by atoms with van der Waals surface area (Å²) in [5, 5.41) is 2.91. The second kappa shape index (κ2) is 10.6. The van der Waals surface area contributed by atoms with Crippen molar-refractivity contribution in [1.82, 2.24) is 5.32 Å². The predicted octanol–water partition coefficient (Wildman–Crippen LogP) is 2.54. The van der Waals surface area contributed by atoms with Crippen molar-refractivity contribution in [1.29, 1.82) is 0 Å². The van der Waals surface area contributed by atoms with E-state index >= 15 is 0 Å². The van der Waals surface area contributed by atoms with Crippen LogP contribution in [0.25, 0.3) is 0 Å². The zero-order chi connectivity index (χ0) is 18.0. The summed E-state index contributed by atoms with van der Waals surface area (Å²) in [5.74, 6) is -1.50. The lowest BCUT2D eigenvalue weighted by atomic mass is 10.2. The zero-order valence-corrected chi connectivity index (χ0v) is 15.1. The SMILES string of the molecule is C=CCO[P+](=O)P(=O)(CCC(=O)OC(=O)[C@@H]1CCCN1)OCC=C. The van der Waals surface area contributed by atoms with Gasteiger partial charge in [0.15, 0.2) is 0 Å². The van der Waals surface area contributed by atoms with Crippen LogP contribution >= 0.6 is 14.8 Å². The van der Waals surface area contributed by atoms with E-state index in [0.717, 1.165) is 6.42 Å². The second-order valence-electron chi connectivity index (χ2n) is 4.96. The first-order valence-electron chi connectivity index (χ1n) is 7.47. The highest BCUT2D eigenvalue weighted by atomic mass is 32.1. The molecule has 1 heterocycles. The molecule has 0 aliphatic carbocycles. The van der Waals surface area contributed by atoms with Crippen molar-refractivity contribution in [3.63, 3.8) is 0 Å². The van der Waals surface area contributed by atoms with Crippen LogP contribution in [-0.4, -0.2) is 43.9 Å². The Hall–Kier alpha value is -1.17. The molecule has 10 heteroatoms. The van der Waals surface area contributed by atoms with Gasteiger partial charge in [-0.05, 0) is 24.0 Å². The Kier molecular flexibility index (Phi) is 9.26. The zero-order valence-electron chi connectivity index (χ0n) is 13.3. The number of ether oxygens (including phenoxy) is 1. The van der Waals surface area contributed by atoms with E-state index in [0.29, 0.717) is 13.0 Å². The Morgan fingerprint density at radius 1 is 1.29 bits per heavy atom. The maximum Gasteiger partial charge on any atom is 0.590 e. The van der Waals surface area contributed by atoms with Gasteiger partial charge in [0.1, 0.15) is 12.6 Å². The minimum atomic E-state index is -3.74. The molecule has 0 aromatic heterocycles. The average Bonchev–Trinajstić information content (AvgIpc) is 3.10. The monoisotopic (exact) mass is 378 g/mol. The summed E-state index contributed by atoms with van der Waals surface area (Å²) in [4.78, 5) is 23.5. The van der Waals surface area contributed by atoms with E-state index in [1.807, 2.05) is 0 Å². The van der Waals surface area contributed by atoms with E-state index in [9.17, 15) is 18.7 Å². The molecule has 0 radical (unpaired) electrons. The lowest BCUT2D eigenvalue weighted by Crippen LogP contribution is -2.33. The van der Waals surface area contributed by atoms with Gasteiger partial charge in [0.25, 0.3) is 0 Å². The van der Waals surface area contributed by atoms with Gasteiger partial charge in [-0.3, -0.25) is 9.32 Å². The third kappa shape index (κ3) is 6.75. The first-order chi connectivity index (χ1) is 11.4. The van der Waals surface area contributed by atoms with Crippen LogP contribution in [0, 0.1) is 0 Å². The van der Waals surface area contributed by atoms with Gasteiger partial charge in [0.05, 0.1) is 19.2 Å². The predicted molar refractivity (Wildman–Crippen MR) is 89.1 cm³/mol. The van der Waals surface area contributed by atoms with Crippen LogP contribution in [0.2, 0.25) is 0 Å². The quantitative estimate of drug-likeness (QED) is 0.253. The van der Waals surface area contributed by atoms with Crippen molar-refractivity contribution in [2.24, 2.45) is 0 Å². The summed E-state index contributed by atoms with van der Waals surface area (Å²) >= 11 is 0. The standard InChI is InChI=1S/C14H22NO7P2/c1-3-9-20-23(18)24(19,21-10-4-2)11-7-13(16)22-14(17)12-6-5-8-15-12/h3-4,12,15H,1-2,5-11H2/q+1/t12-,24?/m0/s1. The van der Waals surface area contributed by atoms with Crippen LogP contribution in [0.15, 0.2) is 25.3 Å². The highest BCUT2D eigenvalue weighted by Crippen LogP contribution is 2.70. The molecule has 0 bridgehead atoms. The summed E-state index contributed by atoms with van der Waals surface area (Å²) in [6.45, 7) is 7.36. The summed E-state index contributed by atoms with van der Waals surface area (Å²) in [6, 6.07) is -0.495. The van der Waals surface area contributed by atoms with Crippen molar-refractivity contribution in [3.8, 4) is 0 Å². The fourth-order valence-corrected chi connectivity index (χ4v) is 5.52. The van der Waals surface area contributed by atoms with Gasteiger partial charge in [-0.2, -0.15) is 0 Å². The van der Waals surface area contributed by atoms with Gasteiger partial charge in [0.2, 0.25) is 0 Å². The summed E-state index contributed by atoms with van der Waals surface area (Å²) in [5.41, 5.74) is 0. The van der Waals surface area contributed by atoms with Gasteiger partial charge >= 0.3 is 26.7 Å². The summed E-state index contributed by atoms with van der Waals surface area (Å²) in [7, 11) is -6.38. The number of nitrogens with one attached hydrogen (secondary N) is 1. The molecular formula is C14H22NO7P2+. The fourth-order valence-electron chi connectivity index (χ4n) is 1.92. The fraction of sp³-hybridized carbons (Fsp3) is 0.571. The molecule has 0 spiro atoms. The lowest BCUT2D eigenvalue weighted by molar-refractivity contribution is -0.160. The Balaban J connectivity index is 2.55. The van der Waals surface area contributed by atoms with Crippen molar-refractivity contribution in [2.45, 2.75) is 25.3 Å². The molecule has 0 amide bonds. The molecule has 134 valence electrons. The highest BCUT2D eigenvalue weighted by molar-refractivity contribution is 8.23. The molecule has 3 atom stereocenters. The molecule has 2 unspecified atom stereocenters. The number of hydrogen-bond acceptors (Lipinski definition) is 8. The molecule has 0 aromatic rings. The van der Waals surface area contributed by atoms with E-state index < -0.39 is 32.8 Å². The van der Waals surface area contributed by atoms with E-state index in [2.05, 4.69) is 18.5 Å². The van der Waals surface area contributed by atoms with Crippen LogP contribution in [0.4, 0.5) is 0 Å². The molecule has 0 aromatic carbocycles. The molecule has 1 aliphatic rings. The minimum Gasteiger partial charge on any atom is -0.392 e. The van der Waals surface area contributed by atoms with Crippen LogP contribution in [0.5, 0.6) is 0 Å². The Morgan fingerprint density at radius 2 is 2.00 bits per heavy atom. The minimum absolute atomic E-state index is 0.0626. The Bertz CT molecular complexity index is 543. The van der Waals surface area contributed by atoms with Gasteiger partial charge in [-0.15, -0.1) is 17.7 Å². The highest BCUT2D eigenvalue weighted by Gasteiger charge is 2.48. The van der Waals surface area contributed by atoms with E-state index in [-0.39, 0.29) is 25.8 Å². The first kappa shape index (κ1) is 20.9. The van der Waals surface area contributed by atoms with Crippen LogP contribution in [0.1, 0.15) is 19.3 Å². The van der Waals surface area contributed by atoms with E-state index in [1.54, 1.807) is 0 Å². The molecule has 24 heavy (non-hydrogen) atoms. The van der Waals surface area contributed by atoms with E-state index in [4.69, 9.17) is 13.8 Å². The van der Waals surface area contributed by atoms with Crippen molar-refractivity contribution < 1.29 is 32.5 Å². The maximum absolute atomic E-state index is 12.6. The molecule has 1 rings (SSSR count).